The third-order valence-corrected chi connectivity index (χ3v) is 2.17. The normalized spacial score (nSPS) is 47.4. The summed E-state index contributed by atoms with van der Waals surface area (Å²) in [5.41, 5.74) is 1.42. The Balaban J connectivity index is 2.22. The van der Waals surface area contributed by atoms with Crippen LogP contribution in [-0.4, -0.2) is 7.85 Å². The van der Waals surface area contributed by atoms with E-state index < -0.39 is 0 Å². The summed E-state index contributed by atoms with van der Waals surface area (Å²) in [5, 5.41) is 0. The predicted molar refractivity (Wildman–Crippen MR) is 44.0 cm³/mol. The zero-order valence-corrected chi connectivity index (χ0v) is 5.83. The van der Waals surface area contributed by atoms with Crippen LogP contribution in [0.5, 0.6) is 0 Å². The first-order valence-corrected chi connectivity index (χ1v) is 3.68. The SMILES string of the molecule is [B]C1/C2=C/C=C\C=C/CC21. The van der Waals surface area contributed by atoms with Crippen LogP contribution in [0.25, 0.3) is 0 Å². The Hall–Kier alpha value is -0.715. The van der Waals surface area contributed by atoms with E-state index in [9.17, 15) is 0 Å². The maximum Gasteiger partial charge on any atom is 0.0767 e. The van der Waals surface area contributed by atoms with E-state index in [-0.39, 0.29) is 0 Å². The van der Waals surface area contributed by atoms with Crippen molar-refractivity contribution in [2.45, 2.75) is 12.2 Å². The molecule has 10 heavy (non-hydrogen) atoms. The molecule has 48 valence electrons. The van der Waals surface area contributed by atoms with Crippen molar-refractivity contribution >= 4 is 7.85 Å². The highest BCUT2D eigenvalue weighted by Crippen LogP contribution is 2.51. The van der Waals surface area contributed by atoms with Crippen LogP contribution in [0.2, 0.25) is 5.82 Å². The monoisotopic (exact) mass is 128 g/mol. The van der Waals surface area contributed by atoms with Crippen molar-refractivity contribution in [3.8, 4) is 0 Å². The van der Waals surface area contributed by atoms with E-state index in [1.807, 2.05) is 6.08 Å². The van der Waals surface area contributed by atoms with Gasteiger partial charge in [0.2, 0.25) is 0 Å². The number of fused-ring (bicyclic) bond motifs is 1. The van der Waals surface area contributed by atoms with Crippen LogP contribution in [0.1, 0.15) is 6.42 Å². The van der Waals surface area contributed by atoms with Gasteiger partial charge in [-0.3, -0.25) is 0 Å². The molecule has 0 bridgehead atoms. The molecule has 2 aliphatic carbocycles. The van der Waals surface area contributed by atoms with Gasteiger partial charge in [0, 0.05) is 0 Å². The van der Waals surface area contributed by atoms with Gasteiger partial charge in [-0.15, -0.1) is 0 Å². The molecule has 0 aliphatic heterocycles. The van der Waals surface area contributed by atoms with Crippen LogP contribution in [0.15, 0.2) is 36.0 Å². The lowest BCUT2D eigenvalue weighted by Crippen LogP contribution is -1.73. The first-order chi connectivity index (χ1) is 4.89. The second-order valence-electron chi connectivity index (χ2n) is 2.85. The molecule has 2 unspecified atom stereocenters. The molecule has 0 spiro atoms. The largest absolute Gasteiger partial charge is 0.0839 e. The molecular formula is C9H9B. The molecule has 2 aliphatic rings. The Morgan fingerprint density at radius 1 is 1.30 bits per heavy atom. The minimum Gasteiger partial charge on any atom is -0.0839 e. The van der Waals surface area contributed by atoms with Crippen molar-refractivity contribution in [3.63, 3.8) is 0 Å². The lowest BCUT2D eigenvalue weighted by atomic mass is 9.99. The van der Waals surface area contributed by atoms with Gasteiger partial charge in [-0.25, -0.2) is 0 Å². The molecule has 0 amide bonds. The van der Waals surface area contributed by atoms with Gasteiger partial charge in [0.1, 0.15) is 0 Å². The van der Waals surface area contributed by atoms with Gasteiger partial charge in [-0.05, 0) is 18.2 Å². The van der Waals surface area contributed by atoms with Crippen molar-refractivity contribution in [2.24, 2.45) is 5.92 Å². The number of hydrogen-bond acceptors (Lipinski definition) is 0. The summed E-state index contributed by atoms with van der Waals surface area (Å²) in [6, 6.07) is 0. The summed E-state index contributed by atoms with van der Waals surface area (Å²) in [7, 11) is 5.77. The number of rotatable bonds is 0. The van der Waals surface area contributed by atoms with E-state index >= 15 is 0 Å². The first-order valence-electron chi connectivity index (χ1n) is 3.68. The fourth-order valence-electron chi connectivity index (χ4n) is 1.42. The second kappa shape index (κ2) is 2.15. The van der Waals surface area contributed by atoms with Crippen molar-refractivity contribution in [1.82, 2.24) is 0 Å². The maximum absolute atomic E-state index is 5.77. The minimum atomic E-state index is 0.354. The van der Waals surface area contributed by atoms with Crippen LogP contribution < -0.4 is 0 Å². The Morgan fingerprint density at radius 3 is 3.10 bits per heavy atom. The molecule has 0 aromatic carbocycles. The fourth-order valence-corrected chi connectivity index (χ4v) is 1.42. The lowest BCUT2D eigenvalue weighted by molar-refractivity contribution is 0.891. The van der Waals surface area contributed by atoms with Crippen molar-refractivity contribution in [1.29, 1.82) is 0 Å². The molecule has 0 N–H and O–H groups in total. The summed E-state index contributed by atoms with van der Waals surface area (Å²) in [6.45, 7) is 0. The topological polar surface area (TPSA) is 0 Å². The molecule has 0 nitrogen and oxygen atoms in total. The standard InChI is InChI=1S/C9H9B/c10-9-7-5-3-1-2-4-6-8(7)9/h1-5,8-9H,6H2/b3-1-,4-2-,7-5+. The van der Waals surface area contributed by atoms with Crippen LogP contribution >= 0.6 is 0 Å². The lowest BCUT2D eigenvalue weighted by Gasteiger charge is -1.87. The fraction of sp³-hybridized carbons (Fsp3) is 0.333. The van der Waals surface area contributed by atoms with E-state index in [0.29, 0.717) is 11.7 Å². The third-order valence-electron chi connectivity index (χ3n) is 2.17. The quantitative estimate of drug-likeness (QED) is 0.437. The van der Waals surface area contributed by atoms with Crippen molar-refractivity contribution in [3.05, 3.63) is 36.0 Å². The first kappa shape index (κ1) is 6.02. The molecule has 1 fully saturated rings. The Labute approximate surface area is 62.7 Å². The van der Waals surface area contributed by atoms with E-state index in [4.69, 9.17) is 7.85 Å². The molecule has 0 saturated heterocycles. The summed E-state index contributed by atoms with van der Waals surface area (Å²) < 4.78 is 0. The smallest absolute Gasteiger partial charge is 0.0767 e. The predicted octanol–water partition coefficient (Wildman–Crippen LogP) is 2.02. The summed E-state index contributed by atoms with van der Waals surface area (Å²) in [5.74, 6) is 1.01. The zero-order chi connectivity index (χ0) is 6.97. The van der Waals surface area contributed by atoms with Crippen LogP contribution in [0, 0.1) is 5.92 Å². The van der Waals surface area contributed by atoms with Gasteiger partial charge in [0.25, 0.3) is 0 Å². The summed E-state index contributed by atoms with van der Waals surface area (Å²) in [6.07, 6.45) is 11.6. The van der Waals surface area contributed by atoms with Gasteiger partial charge in [0.05, 0.1) is 7.85 Å². The van der Waals surface area contributed by atoms with Gasteiger partial charge in [-0.1, -0.05) is 36.0 Å². The van der Waals surface area contributed by atoms with Crippen molar-refractivity contribution < 1.29 is 0 Å². The number of allylic oxidation sites excluding steroid dienone is 6. The van der Waals surface area contributed by atoms with E-state index in [2.05, 4.69) is 24.3 Å². The number of hydrogen-bond donors (Lipinski definition) is 0. The highest BCUT2D eigenvalue weighted by molar-refractivity contribution is 6.17. The second-order valence-corrected chi connectivity index (χ2v) is 2.85. The average Bonchev–Trinajstić information content (AvgIpc) is 2.39. The minimum absolute atomic E-state index is 0.354. The molecule has 1 saturated carbocycles. The molecule has 1 heteroatoms. The molecular weight excluding hydrogens is 119 g/mol. The molecule has 2 atom stereocenters. The van der Waals surface area contributed by atoms with Gasteiger partial charge >= 0.3 is 0 Å². The van der Waals surface area contributed by atoms with Gasteiger partial charge in [-0.2, -0.15) is 0 Å². The van der Waals surface area contributed by atoms with Gasteiger partial charge in [0.15, 0.2) is 0 Å². The van der Waals surface area contributed by atoms with E-state index in [0.717, 1.165) is 6.42 Å². The molecule has 0 aromatic rings. The van der Waals surface area contributed by atoms with Crippen LogP contribution in [0.3, 0.4) is 0 Å². The molecule has 0 aromatic heterocycles. The maximum atomic E-state index is 5.77. The van der Waals surface area contributed by atoms with Crippen molar-refractivity contribution in [2.75, 3.05) is 0 Å². The molecule has 0 heterocycles. The van der Waals surface area contributed by atoms with Crippen LogP contribution in [0.4, 0.5) is 0 Å². The third kappa shape index (κ3) is 0.861. The Morgan fingerprint density at radius 2 is 2.20 bits per heavy atom. The highest BCUT2D eigenvalue weighted by Gasteiger charge is 2.37. The molecule has 2 radical (unpaired) electrons. The van der Waals surface area contributed by atoms with E-state index in [1.165, 1.54) is 5.57 Å². The van der Waals surface area contributed by atoms with Gasteiger partial charge < -0.3 is 0 Å². The molecule has 2 rings (SSSR count). The van der Waals surface area contributed by atoms with Crippen LogP contribution in [-0.2, 0) is 0 Å². The Bertz CT molecular complexity index is 223. The summed E-state index contributed by atoms with van der Waals surface area (Å²) in [4.78, 5) is 0. The highest BCUT2D eigenvalue weighted by atomic mass is 14.4. The average molecular weight is 128 g/mol. The van der Waals surface area contributed by atoms with E-state index in [1.54, 1.807) is 0 Å². The Kier molecular flexibility index (Phi) is 1.30. The summed E-state index contributed by atoms with van der Waals surface area (Å²) >= 11 is 0. The zero-order valence-electron chi connectivity index (χ0n) is 5.83.